The number of rotatable bonds is 3. The lowest BCUT2D eigenvalue weighted by atomic mass is 10.2. The molecule has 1 heterocycles. The summed E-state index contributed by atoms with van der Waals surface area (Å²) in [6.07, 6.45) is 2.66. The van der Waals surface area contributed by atoms with Gasteiger partial charge in [0.05, 0.1) is 0 Å². The molecule has 2 heteroatoms. The first-order valence-corrected chi connectivity index (χ1v) is 3.53. The maximum Gasteiger partial charge on any atom is 0.155 e. The lowest BCUT2D eigenvalue weighted by Gasteiger charge is -1.80. The van der Waals surface area contributed by atoms with Crippen LogP contribution in [0.1, 0.15) is 26.7 Å². The summed E-state index contributed by atoms with van der Waals surface area (Å²) in [6.45, 7) is 4.05. The normalized spacial score (nSPS) is 21.8. The van der Waals surface area contributed by atoms with Crippen molar-refractivity contribution in [1.29, 1.82) is 0 Å². The Morgan fingerprint density at radius 1 is 1.70 bits per heavy atom. The van der Waals surface area contributed by atoms with Gasteiger partial charge < -0.3 is 9.53 Å². The van der Waals surface area contributed by atoms with Crippen LogP contribution in [0.4, 0.5) is 0 Å². The average Bonchev–Trinajstić information content (AvgIpc) is 2.62. The topological polar surface area (TPSA) is 29.6 Å². The van der Waals surface area contributed by atoms with Crippen LogP contribution in [-0.4, -0.2) is 12.4 Å². The van der Waals surface area contributed by atoms with Crippen LogP contribution >= 0.6 is 0 Å². The molecular formula is C8H12O2. The number of carbonyl (C=O) groups is 1. The maximum atomic E-state index is 9.94. The Hall–Kier alpha value is -0.790. The van der Waals surface area contributed by atoms with Gasteiger partial charge in [-0.3, -0.25) is 0 Å². The lowest BCUT2D eigenvalue weighted by molar-refractivity contribution is -0.108. The first kappa shape index (κ1) is 7.32. The quantitative estimate of drug-likeness (QED) is 0.440. The summed E-state index contributed by atoms with van der Waals surface area (Å²) >= 11 is 0. The molecule has 0 aromatic rings. The molecular weight excluding hydrogens is 128 g/mol. The van der Waals surface area contributed by atoms with Gasteiger partial charge >= 0.3 is 0 Å². The number of aldehydes is 1. The molecule has 1 rings (SSSR count). The minimum atomic E-state index is 0.259. The number of carbonyl (C=O) groups excluding carboxylic acids is 1. The van der Waals surface area contributed by atoms with Crippen molar-refractivity contribution >= 4 is 6.29 Å². The first-order valence-electron chi connectivity index (χ1n) is 3.53. The second-order valence-corrected chi connectivity index (χ2v) is 2.71. The van der Waals surface area contributed by atoms with E-state index in [1.807, 2.05) is 13.8 Å². The Bertz CT molecular complexity index is 166. The Morgan fingerprint density at radius 3 is 2.80 bits per heavy atom. The van der Waals surface area contributed by atoms with Crippen molar-refractivity contribution in [1.82, 2.24) is 0 Å². The monoisotopic (exact) mass is 140 g/mol. The van der Waals surface area contributed by atoms with Gasteiger partial charge in [-0.1, -0.05) is 0 Å². The molecule has 0 N–H and O–H groups in total. The van der Waals surface area contributed by atoms with Gasteiger partial charge in [0.1, 0.15) is 12.0 Å². The van der Waals surface area contributed by atoms with Gasteiger partial charge in [0, 0.05) is 6.42 Å². The SMILES string of the molecule is CC(C)=C1OC1CCC=O. The van der Waals surface area contributed by atoms with Crippen LogP contribution in [-0.2, 0) is 9.53 Å². The van der Waals surface area contributed by atoms with Crippen molar-refractivity contribution in [2.75, 3.05) is 0 Å². The molecule has 1 fully saturated rings. The Morgan fingerprint density at radius 2 is 2.40 bits per heavy atom. The zero-order valence-electron chi connectivity index (χ0n) is 6.39. The first-order chi connectivity index (χ1) is 4.75. The predicted molar refractivity (Wildman–Crippen MR) is 38.5 cm³/mol. The van der Waals surface area contributed by atoms with Crippen molar-refractivity contribution in [3.05, 3.63) is 11.3 Å². The molecule has 1 atom stereocenters. The molecule has 10 heavy (non-hydrogen) atoms. The average molecular weight is 140 g/mol. The molecule has 0 aromatic heterocycles. The molecule has 1 unspecified atom stereocenters. The number of allylic oxidation sites excluding steroid dienone is 1. The molecule has 1 aliphatic rings. The van der Waals surface area contributed by atoms with E-state index in [4.69, 9.17) is 4.74 Å². The van der Waals surface area contributed by atoms with E-state index in [9.17, 15) is 4.79 Å². The number of epoxide rings is 1. The second kappa shape index (κ2) is 2.86. The molecule has 0 radical (unpaired) electrons. The highest BCUT2D eigenvalue weighted by molar-refractivity contribution is 5.49. The van der Waals surface area contributed by atoms with E-state index in [0.29, 0.717) is 6.42 Å². The van der Waals surface area contributed by atoms with Crippen molar-refractivity contribution in [2.45, 2.75) is 32.8 Å². The Balaban J connectivity index is 2.26. The Kier molecular flexibility index (Phi) is 2.10. The van der Waals surface area contributed by atoms with Crippen molar-refractivity contribution in [3.63, 3.8) is 0 Å². The molecule has 2 nitrogen and oxygen atoms in total. The fraction of sp³-hybridized carbons (Fsp3) is 0.625. The molecule has 1 aliphatic heterocycles. The molecule has 0 spiro atoms. The molecule has 0 aromatic carbocycles. The Labute approximate surface area is 60.9 Å². The summed E-state index contributed by atoms with van der Waals surface area (Å²) < 4.78 is 5.20. The standard InChI is InChI=1S/C8H12O2/c1-6(2)8-7(10-8)4-3-5-9/h5,7H,3-4H2,1-2H3. The van der Waals surface area contributed by atoms with Crippen LogP contribution in [0.25, 0.3) is 0 Å². The third kappa shape index (κ3) is 1.59. The number of ether oxygens (including phenoxy) is 1. The molecule has 0 bridgehead atoms. The van der Waals surface area contributed by atoms with Gasteiger partial charge in [-0.05, 0) is 25.8 Å². The summed E-state index contributed by atoms with van der Waals surface area (Å²) in [4.78, 5) is 9.94. The third-order valence-electron chi connectivity index (χ3n) is 1.54. The fourth-order valence-electron chi connectivity index (χ4n) is 0.969. The van der Waals surface area contributed by atoms with E-state index in [2.05, 4.69) is 0 Å². The van der Waals surface area contributed by atoms with Gasteiger partial charge in [-0.15, -0.1) is 0 Å². The van der Waals surface area contributed by atoms with Gasteiger partial charge in [0.25, 0.3) is 0 Å². The summed E-state index contributed by atoms with van der Waals surface area (Å²) in [7, 11) is 0. The molecule has 0 saturated carbocycles. The van der Waals surface area contributed by atoms with Crippen LogP contribution in [0, 0.1) is 0 Å². The predicted octanol–water partition coefficient (Wildman–Crippen LogP) is 1.66. The zero-order chi connectivity index (χ0) is 7.56. The molecule has 56 valence electrons. The van der Waals surface area contributed by atoms with E-state index in [1.165, 1.54) is 5.57 Å². The van der Waals surface area contributed by atoms with Gasteiger partial charge in [-0.25, -0.2) is 0 Å². The summed E-state index contributed by atoms with van der Waals surface area (Å²) in [5.41, 5.74) is 1.23. The minimum Gasteiger partial charge on any atom is -0.483 e. The summed E-state index contributed by atoms with van der Waals surface area (Å²) in [5.74, 6) is 1.09. The highest BCUT2D eigenvalue weighted by Gasteiger charge is 2.32. The smallest absolute Gasteiger partial charge is 0.155 e. The summed E-state index contributed by atoms with van der Waals surface area (Å²) in [6, 6.07) is 0. The highest BCUT2D eigenvalue weighted by Crippen LogP contribution is 2.33. The van der Waals surface area contributed by atoms with E-state index >= 15 is 0 Å². The van der Waals surface area contributed by atoms with Crippen LogP contribution in [0.3, 0.4) is 0 Å². The van der Waals surface area contributed by atoms with E-state index in [-0.39, 0.29) is 6.10 Å². The molecule has 1 saturated heterocycles. The van der Waals surface area contributed by atoms with Crippen molar-refractivity contribution in [3.8, 4) is 0 Å². The fourth-order valence-corrected chi connectivity index (χ4v) is 0.969. The highest BCUT2D eigenvalue weighted by atomic mass is 16.6. The number of hydrogen-bond acceptors (Lipinski definition) is 2. The summed E-state index contributed by atoms with van der Waals surface area (Å²) in [5, 5.41) is 0. The van der Waals surface area contributed by atoms with Crippen LogP contribution < -0.4 is 0 Å². The van der Waals surface area contributed by atoms with E-state index in [0.717, 1.165) is 18.5 Å². The van der Waals surface area contributed by atoms with E-state index < -0.39 is 0 Å². The van der Waals surface area contributed by atoms with Crippen molar-refractivity contribution in [2.24, 2.45) is 0 Å². The van der Waals surface area contributed by atoms with Crippen LogP contribution in [0.15, 0.2) is 11.3 Å². The number of hydrogen-bond donors (Lipinski definition) is 0. The molecule has 0 aliphatic carbocycles. The second-order valence-electron chi connectivity index (χ2n) is 2.71. The third-order valence-corrected chi connectivity index (χ3v) is 1.54. The van der Waals surface area contributed by atoms with Gasteiger partial charge in [0.2, 0.25) is 0 Å². The molecule has 0 amide bonds. The van der Waals surface area contributed by atoms with E-state index in [1.54, 1.807) is 0 Å². The van der Waals surface area contributed by atoms with Gasteiger partial charge in [0.15, 0.2) is 6.10 Å². The lowest BCUT2D eigenvalue weighted by Crippen LogP contribution is -1.84. The minimum absolute atomic E-state index is 0.259. The van der Waals surface area contributed by atoms with Crippen molar-refractivity contribution < 1.29 is 9.53 Å². The van der Waals surface area contributed by atoms with Gasteiger partial charge in [-0.2, -0.15) is 0 Å². The maximum absolute atomic E-state index is 9.94. The zero-order valence-corrected chi connectivity index (χ0v) is 6.39. The van der Waals surface area contributed by atoms with Crippen LogP contribution in [0.2, 0.25) is 0 Å². The van der Waals surface area contributed by atoms with Crippen LogP contribution in [0.5, 0.6) is 0 Å². The largest absolute Gasteiger partial charge is 0.483 e.